The highest BCUT2D eigenvalue weighted by molar-refractivity contribution is 5.95. The molecule has 1 fully saturated rings. The predicted molar refractivity (Wildman–Crippen MR) is 78.7 cm³/mol. The number of hydrogen-bond donors (Lipinski definition) is 0. The van der Waals surface area contributed by atoms with E-state index in [1.807, 2.05) is 0 Å². The van der Waals surface area contributed by atoms with Crippen molar-refractivity contribution >= 4 is 11.9 Å². The Morgan fingerprint density at radius 2 is 1.59 bits per heavy atom. The Labute approximate surface area is 130 Å². The first-order valence-electron chi connectivity index (χ1n) is 7.96. The maximum Gasteiger partial charge on any atom is 0.320 e. The Hall–Kier alpha value is -1.66. The van der Waals surface area contributed by atoms with Crippen LogP contribution in [0.5, 0.6) is 0 Å². The maximum absolute atomic E-state index is 12.2. The van der Waals surface area contributed by atoms with Crippen LogP contribution in [0.3, 0.4) is 0 Å². The highest BCUT2D eigenvalue weighted by atomic mass is 16.6. The second-order valence-electron chi connectivity index (χ2n) is 5.56. The van der Waals surface area contributed by atoms with Gasteiger partial charge in [-0.1, -0.05) is 19.3 Å². The molecule has 0 saturated heterocycles. The van der Waals surface area contributed by atoms with E-state index < -0.39 is 35.2 Å². The molecule has 7 heteroatoms. The van der Waals surface area contributed by atoms with Crippen molar-refractivity contribution in [2.24, 2.45) is 17.8 Å². The molecular weight excluding hydrogens is 290 g/mol. The maximum atomic E-state index is 12.2. The summed E-state index contributed by atoms with van der Waals surface area (Å²) < 4.78 is 9.92. The van der Waals surface area contributed by atoms with Crippen molar-refractivity contribution in [3.63, 3.8) is 0 Å². The molecule has 0 N–H and O–H groups in total. The van der Waals surface area contributed by atoms with Gasteiger partial charge in [0.15, 0.2) is 5.92 Å². The molecule has 0 heterocycles. The lowest BCUT2D eigenvalue weighted by Crippen LogP contribution is -2.41. The van der Waals surface area contributed by atoms with E-state index in [1.54, 1.807) is 13.8 Å². The van der Waals surface area contributed by atoms with Crippen molar-refractivity contribution in [3.05, 3.63) is 10.1 Å². The summed E-state index contributed by atoms with van der Waals surface area (Å²) in [5, 5.41) is 11.0. The number of carbonyl (C=O) groups excluding carboxylic acids is 2. The van der Waals surface area contributed by atoms with Gasteiger partial charge in [-0.05, 0) is 32.6 Å². The van der Waals surface area contributed by atoms with E-state index in [0.717, 1.165) is 32.1 Å². The van der Waals surface area contributed by atoms with Crippen molar-refractivity contribution in [2.75, 3.05) is 19.8 Å². The average Bonchev–Trinajstić information content (AvgIpc) is 2.47. The molecule has 1 atom stereocenters. The van der Waals surface area contributed by atoms with Gasteiger partial charge in [0.25, 0.3) is 0 Å². The number of hydrogen-bond acceptors (Lipinski definition) is 6. The number of carbonyl (C=O) groups is 2. The zero-order chi connectivity index (χ0) is 16.5. The first kappa shape index (κ1) is 18.4. The smallest absolute Gasteiger partial charge is 0.320 e. The standard InChI is InChI=1S/C15H25NO6/c1-3-21-14(17)13(15(18)22-4-2)12(10-16(19)20)11-8-6-5-7-9-11/h11-13H,3-10H2,1-2H3. The topological polar surface area (TPSA) is 95.7 Å². The predicted octanol–water partition coefficient (Wildman–Crippen LogP) is 2.20. The number of nitro groups is 1. The molecule has 0 aliphatic heterocycles. The molecule has 0 aromatic heterocycles. The lowest BCUT2D eigenvalue weighted by molar-refractivity contribution is -0.491. The third-order valence-electron chi connectivity index (χ3n) is 4.12. The number of nitrogens with zero attached hydrogens (tertiary/aromatic N) is 1. The van der Waals surface area contributed by atoms with Crippen LogP contribution in [0.15, 0.2) is 0 Å². The van der Waals surface area contributed by atoms with E-state index in [0.29, 0.717) is 0 Å². The fourth-order valence-corrected chi connectivity index (χ4v) is 3.17. The lowest BCUT2D eigenvalue weighted by Gasteiger charge is -2.31. The quantitative estimate of drug-likeness (QED) is 0.295. The third kappa shape index (κ3) is 5.27. The minimum atomic E-state index is -1.20. The molecule has 7 nitrogen and oxygen atoms in total. The molecule has 1 aliphatic rings. The SMILES string of the molecule is CCOC(=O)C(C(=O)OCC)C(C[N+](=O)[O-])C1CCCCC1. The lowest BCUT2D eigenvalue weighted by atomic mass is 9.74. The third-order valence-corrected chi connectivity index (χ3v) is 4.12. The average molecular weight is 315 g/mol. The summed E-state index contributed by atoms with van der Waals surface area (Å²) in [5.41, 5.74) is 0. The molecule has 0 amide bonds. The van der Waals surface area contributed by atoms with E-state index in [9.17, 15) is 19.7 Å². The zero-order valence-corrected chi connectivity index (χ0v) is 13.3. The van der Waals surface area contributed by atoms with Crippen LogP contribution in [-0.4, -0.2) is 36.6 Å². The van der Waals surface area contributed by atoms with E-state index in [-0.39, 0.29) is 19.1 Å². The normalized spacial score (nSPS) is 17.0. The molecule has 1 rings (SSSR count). The van der Waals surface area contributed by atoms with E-state index in [2.05, 4.69) is 0 Å². The van der Waals surface area contributed by atoms with Crippen LogP contribution in [-0.2, 0) is 19.1 Å². The summed E-state index contributed by atoms with van der Waals surface area (Å²) in [4.78, 5) is 34.9. The Bertz CT molecular complexity index is 373. The van der Waals surface area contributed by atoms with E-state index in [1.165, 1.54) is 0 Å². The van der Waals surface area contributed by atoms with Gasteiger partial charge in [-0.2, -0.15) is 0 Å². The van der Waals surface area contributed by atoms with Crippen LogP contribution >= 0.6 is 0 Å². The Kier molecular flexibility index (Phi) is 7.84. The number of esters is 2. The van der Waals surface area contributed by atoms with Gasteiger partial charge >= 0.3 is 11.9 Å². The summed E-state index contributed by atoms with van der Waals surface area (Å²) >= 11 is 0. The van der Waals surface area contributed by atoms with Crippen LogP contribution in [0.1, 0.15) is 46.0 Å². The number of ether oxygens (including phenoxy) is 2. The molecular formula is C15H25NO6. The van der Waals surface area contributed by atoms with Crippen LogP contribution in [0.25, 0.3) is 0 Å². The summed E-state index contributed by atoms with van der Waals surface area (Å²) in [6.45, 7) is 3.13. The largest absolute Gasteiger partial charge is 0.465 e. The molecule has 0 aromatic rings. The zero-order valence-electron chi connectivity index (χ0n) is 13.3. The van der Waals surface area contributed by atoms with Crippen molar-refractivity contribution in [1.82, 2.24) is 0 Å². The van der Waals surface area contributed by atoms with E-state index in [4.69, 9.17) is 9.47 Å². The van der Waals surface area contributed by atoms with Crippen LogP contribution in [0, 0.1) is 27.9 Å². The highest BCUT2D eigenvalue weighted by Gasteiger charge is 2.44. The minimum absolute atomic E-state index is 0.0158. The van der Waals surface area contributed by atoms with Gasteiger partial charge in [0, 0.05) is 4.92 Å². The summed E-state index contributed by atoms with van der Waals surface area (Å²) in [7, 11) is 0. The molecule has 1 aliphatic carbocycles. The van der Waals surface area contributed by atoms with Crippen LogP contribution < -0.4 is 0 Å². The van der Waals surface area contributed by atoms with Crippen LogP contribution in [0.2, 0.25) is 0 Å². The van der Waals surface area contributed by atoms with Gasteiger partial charge in [0.1, 0.15) is 0 Å². The molecule has 0 radical (unpaired) electrons. The molecule has 0 aromatic carbocycles. The van der Waals surface area contributed by atoms with Gasteiger partial charge in [0.05, 0.1) is 19.1 Å². The Morgan fingerprint density at radius 1 is 1.09 bits per heavy atom. The monoisotopic (exact) mass is 315 g/mol. The van der Waals surface area contributed by atoms with Gasteiger partial charge in [0.2, 0.25) is 6.54 Å². The second kappa shape index (κ2) is 9.38. The first-order chi connectivity index (χ1) is 10.5. The molecule has 0 spiro atoms. The van der Waals surface area contributed by atoms with Gasteiger partial charge < -0.3 is 9.47 Å². The van der Waals surface area contributed by atoms with Crippen LogP contribution in [0.4, 0.5) is 0 Å². The fourth-order valence-electron chi connectivity index (χ4n) is 3.17. The minimum Gasteiger partial charge on any atom is -0.465 e. The molecule has 22 heavy (non-hydrogen) atoms. The van der Waals surface area contributed by atoms with Crippen molar-refractivity contribution in [2.45, 2.75) is 46.0 Å². The second-order valence-corrected chi connectivity index (χ2v) is 5.56. The summed E-state index contributed by atoms with van der Waals surface area (Å²) in [6, 6.07) is 0. The van der Waals surface area contributed by atoms with Gasteiger partial charge in [-0.3, -0.25) is 19.7 Å². The molecule has 1 unspecified atom stereocenters. The van der Waals surface area contributed by atoms with Gasteiger partial charge in [-0.25, -0.2) is 0 Å². The number of rotatable bonds is 8. The highest BCUT2D eigenvalue weighted by Crippen LogP contribution is 2.35. The van der Waals surface area contributed by atoms with Crippen molar-refractivity contribution in [1.29, 1.82) is 0 Å². The van der Waals surface area contributed by atoms with Crippen molar-refractivity contribution in [3.8, 4) is 0 Å². The molecule has 0 bridgehead atoms. The van der Waals surface area contributed by atoms with Crippen molar-refractivity contribution < 1.29 is 24.0 Å². The summed E-state index contributed by atoms with van der Waals surface area (Å²) in [5.74, 6) is -3.29. The van der Waals surface area contributed by atoms with E-state index >= 15 is 0 Å². The molecule has 126 valence electrons. The van der Waals surface area contributed by atoms with Gasteiger partial charge in [-0.15, -0.1) is 0 Å². The Balaban J connectivity index is 3.01. The Morgan fingerprint density at radius 3 is 2.00 bits per heavy atom. The molecule has 1 saturated carbocycles. The summed E-state index contributed by atoms with van der Waals surface area (Å²) in [6.07, 6.45) is 4.63. The first-order valence-corrected chi connectivity index (χ1v) is 7.96. The fraction of sp³-hybridized carbons (Fsp3) is 0.867.